The van der Waals surface area contributed by atoms with Gasteiger partial charge in [0.05, 0.1) is 24.8 Å². The lowest BCUT2D eigenvalue weighted by Gasteiger charge is -2.19. The number of aromatic nitrogens is 1. The average Bonchev–Trinajstić information content (AvgIpc) is 3.15. The van der Waals surface area contributed by atoms with Crippen LogP contribution in [0, 0.1) is 11.3 Å². The molecule has 1 aromatic rings. The molecule has 2 rings (SSSR count). The summed E-state index contributed by atoms with van der Waals surface area (Å²) in [7, 11) is 1.70. The number of nitriles is 1. The topological polar surface area (TPSA) is 61.2 Å². The molecule has 0 aromatic carbocycles. The van der Waals surface area contributed by atoms with Gasteiger partial charge in [0.15, 0.2) is 5.13 Å². The molecule has 0 radical (unpaired) electrons. The summed E-state index contributed by atoms with van der Waals surface area (Å²) in [6.07, 6.45) is 3.02. The van der Waals surface area contributed by atoms with Crippen molar-refractivity contribution < 1.29 is 4.74 Å². The van der Waals surface area contributed by atoms with E-state index in [1.807, 2.05) is 0 Å². The van der Waals surface area contributed by atoms with Crippen LogP contribution >= 0.6 is 11.3 Å². The lowest BCUT2D eigenvalue weighted by Crippen LogP contribution is -2.26. The molecule has 104 valence electrons. The Kier molecular flexibility index (Phi) is 5.58. The van der Waals surface area contributed by atoms with Crippen LogP contribution in [0.1, 0.15) is 25.0 Å². The van der Waals surface area contributed by atoms with E-state index >= 15 is 0 Å². The maximum Gasteiger partial charge on any atom is 0.185 e. The fraction of sp³-hybridized carbons (Fsp3) is 0.692. The van der Waals surface area contributed by atoms with Crippen LogP contribution in [0.5, 0.6) is 0 Å². The first-order valence-electron chi connectivity index (χ1n) is 6.62. The molecule has 1 heterocycles. The summed E-state index contributed by atoms with van der Waals surface area (Å²) in [6.45, 7) is 3.12. The average molecular weight is 280 g/mol. The van der Waals surface area contributed by atoms with Gasteiger partial charge >= 0.3 is 0 Å². The van der Waals surface area contributed by atoms with E-state index in [-0.39, 0.29) is 0 Å². The van der Waals surface area contributed by atoms with Gasteiger partial charge in [-0.1, -0.05) is 0 Å². The molecule has 5 nitrogen and oxygen atoms in total. The van der Waals surface area contributed by atoms with Gasteiger partial charge in [-0.15, -0.1) is 11.3 Å². The Morgan fingerprint density at radius 2 is 2.47 bits per heavy atom. The van der Waals surface area contributed by atoms with Crippen molar-refractivity contribution in [3.05, 3.63) is 11.1 Å². The SMILES string of the molecule is COCCNCc1csc(N(CCC#N)C2CC2)n1. The van der Waals surface area contributed by atoms with Crippen molar-refractivity contribution in [1.29, 1.82) is 5.26 Å². The molecule has 1 saturated carbocycles. The zero-order valence-corrected chi connectivity index (χ0v) is 12.1. The number of nitrogens with one attached hydrogen (secondary N) is 1. The summed E-state index contributed by atoms with van der Waals surface area (Å²) in [5, 5.41) is 15.2. The lowest BCUT2D eigenvalue weighted by atomic mass is 10.4. The highest BCUT2D eigenvalue weighted by molar-refractivity contribution is 7.13. The van der Waals surface area contributed by atoms with E-state index in [2.05, 4.69) is 26.6 Å². The highest BCUT2D eigenvalue weighted by atomic mass is 32.1. The summed E-state index contributed by atoms with van der Waals surface area (Å²) in [4.78, 5) is 6.94. The van der Waals surface area contributed by atoms with Gasteiger partial charge in [0.1, 0.15) is 0 Å². The third kappa shape index (κ3) is 4.46. The van der Waals surface area contributed by atoms with Crippen molar-refractivity contribution >= 4 is 16.5 Å². The fourth-order valence-electron chi connectivity index (χ4n) is 1.89. The molecule has 1 N–H and O–H groups in total. The predicted octanol–water partition coefficient (Wildman–Crippen LogP) is 1.76. The number of thiazole rings is 1. The predicted molar refractivity (Wildman–Crippen MR) is 76.3 cm³/mol. The van der Waals surface area contributed by atoms with Gasteiger partial charge in [-0.2, -0.15) is 5.26 Å². The standard InChI is InChI=1S/C13H20N4OS/c1-18-8-6-15-9-11-10-19-13(16-11)17(7-2-5-14)12-3-4-12/h10,12,15H,2-4,6-9H2,1H3. The minimum absolute atomic E-state index is 0.567. The minimum Gasteiger partial charge on any atom is -0.383 e. The van der Waals surface area contributed by atoms with Crippen LogP contribution < -0.4 is 10.2 Å². The minimum atomic E-state index is 0.567. The second-order valence-corrected chi connectivity index (χ2v) is 5.46. The first-order chi connectivity index (χ1) is 9.35. The van der Waals surface area contributed by atoms with Gasteiger partial charge in [-0.05, 0) is 12.8 Å². The third-order valence-electron chi connectivity index (χ3n) is 3.03. The van der Waals surface area contributed by atoms with Gasteiger partial charge in [0, 0.05) is 38.2 Å². The van der Waals surface area contributed by atoms with Crippen molar-refractivity contribution in [3.63, 3.8) is 0 Å². The molecule has 0 saturated heterocycles. The normalized spacial score (nSPS) is 14.3. The summed E-state index contributed by atoms with van der Waals surface area (Å²) in [6, 6.07) is 2.82. The summed E-state index contributed by atoms with van der Waals surface area (Å²) in [5.41, 5.74) is 1.07. The van der Waals surface area contributed by atoms with Gasteiger partial charge in [-0.25, -0.2) is 4.98 Å². The maximum atomic E-state index is 8.72. The Hall–Kier alpha value is -1.16. The highest BCUT2D eigenvalue weighted by Gasteiger charge is 2.30. The van der Waals surface area contributed by atoms with Crippen LogP contribution in [0.4, 0.5) is 5.13 Å². The van der Waals surface area contributed by atoms with Crippen molar-refractivity contribution in [1.82, 2.24) is 10.3 Å². The van der Waals surface area contributed by atoms with Gasteiger partial charge < -0.3 is 15.0 Å². The van der Waals surface area contributed by atoms with Crippen LogP contribution in [0.15, 0.2) is 5.38 Å². The smallest absolute Gasteiger partial charge is 0.185 e. The van der Waals surface area contributed by atoms with E-state index in [9.17, 15) is 0 Å². The third-order valence-corrected chi connectivity index (χ3v) is 3.95. The Morgan fingerprint density at radius 3 is 3.16 bits per heavy atom. The number of hydrogen-bond donors (Lipinski definition) is 1. The Morgan fingerprint density at radius 1 is 1.63 bits per heavy atom. The first-order valence-corrected chi connectivity index (χ1v) is 7.50. The fourth-order valence-corrected chi connectivity index (χ4v) is 2.81. The van der Waals surface area contributed by atoms with Gasteiger partial charge in [0.25, 0.3) is 0 Å². The largest absolute Gasteiger partial charge is 0.383 e. The maximum absolute atomic E-state index is 8.72. The molecule has 0 unspecified atom stereocenters. The first kappa shape index (κ1) is 14.3. The van der Waals surface area contributed by atoms with E-state index in [4.69, 9.17) is 10.00 Å². The van der Waals surface area contributed by atoms with E-state index in [1.54, 1.807) is 18.4 Å². The number of hydrogen-bond acceptors (Lipinski definition) is 6. The molecule has 0 amide bonds. The molecule has 19 heavy (non-hydrogen) atoms. The van der Waals surface area contributed by atoms with Crippen LogP contribution in [0.2, 0.25) is 0 Å². The van der Waals surface area contributed by atoms with Crippen molar-refractivity contribution in [3.8, 4) is 6.07 Å². The van der Waals surface area contributed by atoms with Gasteiger partial charge in [0.2, 0.25) is 0 Å². The number of ether oxygens (including phenoxy) is 1. The number of anilines is 1. The summed E-state index contributed by atoms with van der Waals surface area (Å²) < 4.78 is 4.99. The second kappa shape index (κ2) is 7.43. The second-order valence-electron chi connectivity index (χ2n) is 4.62. The van der Waals surface area contributed by atoms with Crippen LogP contribution in [0.3, 0.4) is 0 Å². The summed E-state index contributed by atoms with van der Waals surface area (Å²) in [5.74, 6) is 0. The Bertz CT molecular complexity index is 425. The number of rotatable bonds is 9. The molecule has 0 bridgehead atoms. The Labute approximate surface area is 118 Å². The highest BCUT2D eigenvalue weighted by Crippen LogP contribution is 2.33. The monoisotopic (exact) mass is 280 g/mol. The summed E-state index contributed by atoms with van der Waals surface area (Å²) >= 11 is 1.67. The lowest BCUT2D eigenvalue weighted by molar-refractivity contribution is 0.199. The van der Waals surface area contributed by atoms with Crippen LogP contribution in [-0.2, 0) is 11.3 Å². The number of methoxy groups -OCH3 is 1. The molecular formula is C13H20N4OS. The zero-order chi connectivity index (χ0) is 13.5. The molecule has 0 atom stereocenters. The van der Waals surface area contributed by atoms with E-state index < -0.39 is 0 Å². The quantitative estimate of drug-likeness (QED) is 0.698. The van der Waals surface area contributed by atoms with E-state index in [0.29, 0.717) is 19.1 Å². The van der Waals surface area contributed by atoms with E-state index in [1.165, 1.54) is 12.8 Å². The number of nitrogens with zero attached hydrogens (tertiary/aromatic N) is 3. The Balaban J connectivity index is 1.85. The zero-order valence-electron chi connectivity index (χ0n) is 11.3. The molecule has 1 fully saturated rings. The molecule has 6 heteroatoms. The molecule has 0 spiro atoms. The van der Waals surface area contributed by atoms with Gasteiger partial charge in [-0.3, -0.25) is 0 Å². The van der Waals surface area contributed by atoms with Crippen LogP contribution in [-0.4, -0.2) is 37.8 Å². The van der Waals surface area contributed by atoms with Crippen molar-refractivity contribution in [2.24, 2.45) is 0 Å². The van der Waals surface area contributed by atoms with Crippen molar-refractivity contribution in [2.75, 3.05) is 31.7 Å². The van der Waals surface area contributed by atoms with E-state index in [0.717, 1.165) is 30.5 Å². The van der Waals surface area contributed by atoms with Crippen molar-refractivity contribution in [2.45, 2.75) is 31.8 Å². The molecule has 1 aliphatic carbocycles. The molecule has 1 aliphatic rings. The molecule has 0 aliphatic heterocycles. The molecular weight excluding hydrogens is 260 g/mol. The van der Waals surface area contributed by atoms with Crippen LogP contribution in [0.25, 0.3) is 0 Å². The molecule has 1 aromatic heterocycles.